The predicted molar refractivity (Wildman–Crippen MR) is 70.4 cm³/mol. The van der Waals surface area contributed by atoms with Crippen LogP contribution in [0.4, 0.5) is 5.95 Å². The van der Waals surface area contributed by atoms with Crippen LogP contribution in [0.25, 0.3) is 11.5 Å². The second-order valence-corrected chi connectivity index (χ2v) is 4.80. The molecule has 2 aromatic rings. The van der Waals surface area contributed by atoms with Gasteiger partial charge < -0.3 is 9.42 Å². The normalized spacial score (nSPS) is 20.1. The van der Waals surface area contributed by atoms with E-state index in [1.54, 1.807) is 0 Å². The Morgan fingerprint density at radius 2 is 2.06 bits per heavy atom. The van der Waals surface area contributed by atoms with Crippen LogP contribution in [0, 0.1) is 0 Å². The topological polar surface area (TPSA) is 42.2 Å². The largest absolute Gasteiger partial charge is 0.335 e. The van der Waals surface area contributed by atoms with Crippen molar-refractivity contribution in [2.24, 2.45) is 0 Å². The molecule has 0 aliphatic carbocycles. The van der Waals surface area contributed by atoms with Gasteiger partial charge in [-0.3, -0.25) is 0 Å². The number of hydrogen-bond donors (Lipinski definition) is 0. The van der Waals surface area contributed by atoms with E-state index in [1.165, 1.54) is 19.3 Å². The van der Waals surface area contributed by atoms with Gasteiger partial charge in [0.05, 0.1) is 0 Å². The van der Waals surface area contributed by atoms with Crippen LogP contribution in [0.5, 0.6) is 0 Å². The highest BCUT2D eigenvalue weighted by Crippen LogP contribution is 2.24. The number of nitrogens with zero attached hydrogens (tertiary/aromatic N) is 3. The second kappa shape index (κ2) is 4.80. The second-order valence-electron chi connectivity index (χ2n) is 4.80. The Balaban J connectivity index is 1.85. The van der Waals surface area contributed by atoms with Gasteiger partial charge in [-0.1, -0.05) is 18.2 Å². The van der Waals surface area contributed by atoms with Crippen LogP contribution in [0.1, 0.15) is 26.2 Å². The van der Waals surface area contributed by atoms with Crippen LogP contribution >= 0.6 is 0 Å². The zero-order valence-electron chi connectivity index (χ0n) is 10.5. The lowest BCUT2D eigenvalue weighted by Crippen LogP contribution is -2.38. The SMILES string of the molecule is CC1CCCCN1c1noc(-c2ccccc2)n1. The van der Waals surface area contributed by atoms with Gasteiger partial charge in [0.25, 0.3) is 11.8 Å². The summed E-state index contributed by atoms with van der Waals surface area (Å²) in [6, 6.07) is 10.4. The number of hydrogen-bond acceptors (Lipinski definition) is 4. The highest BCUT2D eigenvalue weighted by Gasteiger charge is 2.23. The first-order valence-electron chi connectivity index (χ1n) is 6.50. The van der Waals surface area contributed by atoms with Gasteiger partial charge in [0.1, 0.15) is 0 Å². The maximum absolute atomic E-state index is 5.35. The number of benzene rings is 1. The van der Waals surface area contributed by atoms with Crippen LogP contribution in [-0.4, -0.2) is 22.7 Å². The van der Waals surface area contributed by atoms with Crippen LogP contribution in [0.2, 0.25) is 0 Å². The summed E-state index contributed by atoms with van der Waals surface area (Å²) in [5.74, 6) is 1.32. The molecule has 0 N–H and O–H groups in total. The quantitative estimate of drug-likeness (QED) is 0.812. The Morgan fingerprint density at radius 3 is 2.83 bits per heavy atom. The summed E-state index contributed by atoms with van der Waals surface area (Å²) in [6.07, 6.45) is 3.70. The Labute approximate surface area is 107 Å². The summed E-state index contributed by atoms with van der Waals surface area (Å²) >= 11 is 0. The van der Waals surface area contributed by atoms with Crippen LogP contribution in [-0.2, 0) is 0 Å². The van der Waals surface area contributed by atoms with Gasteiger partial charge in [0.15, 0.2) is 0 Å². The lowest BCUT2D eigenvalue weighted by Gasteiger charge is -2.31. The summed E-state index contributed by atoms with van der Waals surface area (Å²) in [5.41, 5.74) is 0.973. The highest BCUT2D eigenvalue weighted by atomic mass is 16.5. The zero-order valence-corrected chi connectivity index (χ0v) is 10.5. The Hall–Kier alpha value is -1.84. The zero-order chi connectivity index (χ0) is 12.4. The van der Waals surface area contributed by atoms with E-state index < -0.39 is 0 Å². The Kier molecular flexibility index (Phi) is 3.00. The van der Waals surface area contributed by atoms with Gasteiger partial charge in [0.2, 0.25) is 0 Å². The molecule has 0 bridgehead atoms. The molecule has 1 aromatic heterocycles. The van der Waals surface area contributed by atoms with E-state index in [4.69, 9.17) is 4.52 Å². The fraction of sp³-hybridized carbons (Fsp3) is 0.429. The molecule has 4 nitrogen and oxygen atoms in total. The third-order valence-electron chi connectivity index (χ3n) is 3.50. The lowest BCUT2D eigenvalue weighted by molar-refractivity contribution is 0.417. The molecule has 0 spiro atoms. The first-order valence-corrected chi connectivity index (χ1v) is 6.50. The van der Waals surface area contributed by atoms with E-state index in [2.05, 4.69) is 22.0 Å². The van der Waals surface area contributed by atoms with Crippen LogP contribution < -0.4 is 4.90 Å². The smallest absolute Gasteiger partial charge is 0.266 e. The summed E-state index contributed by atoms with van der Waals surface area (Å²) < 4.78 is 5.35. The Bertz CT molecular complexity index is 509. The molecule has 1 unspecified atom stereocenters. The van der Waals surface area contributed by atoms with Crippen molar-refractivity contribution in [1.29, 1.82) is 0 Å². The van der Waals surface area contributed by atoms with Crippen molar-refractivity contribution in [3.05, 3.63) is 30.3 Å². The van der Waals surface area contributed by atoms with Crippen LogP contribution in [0.3, 0.4) is 0 Å². The van der Waals surface area contributed by atoms with Gasteiger partial charge >= 0.3 is 0 Å². The molecule has 1 fully saturated rings. The molecular weight excluding hydrogens is 226 g/mol. The van der Waals surface area contributed by atoms with E-state index >= 15 is 0 Å². The fourth-order valence-corrected chi connectivity index (χ4v) is 2.43. The van der Waals surface area contributed by atoms with Crippen molar-refractivity contribution >= 4 is 5.95 Å². The molecule has 4 heteroatoms. The van der Waals surface area contributed by atoms with Crippen molar-refractivity contribution < 1.29 is 4.52 Å². The van der Waals surface area contributed by atoms with E-state index in [0.29, 0.717) is 11.9 Å². The Morgan fingerprint density at radius 1 is 1.22 bits per heavy atom. The maximum Gasteiger partial charge on any atom is 0.266 e. The van der Waals surface area contributed by atoms with E-state index in [9.17, 15) is 0 Å². The third kappa shape index (κ3) is 2.10. The van der Waals surface area contributed by atoms with Gasteiger partial charge in [-0.2, -0.15) is 4.98 Å². The molecule has 3 rings (SSSR count). The minimum absolute atomic E-state index is 0.500. The van der Waals surface area contributed by atoms with E-state index in [1.807, 2.05) is 30.3 Å². The molecule has 0 radical (unpaired) electrons. The first kappa shape index (κ1) is 11.3. The first-order chi connectivity index (χ1) is 8.84. The average Bonchev–Trinajstić information content (AvgIpc) is 2.90. The van der Waals surface area contributed by atoms with Gasteiger partial charge in [-0.05, 0) is 43.5 Å². The molecule has 1 saturated heterocycles. The van der Waals surface area contributed by atoms with Crippen LogP contribution in [0.15, 0.2) is 34.9 Å². The van der Waals surface area contributed by atoms with E-state index in [-0.39, 0.29) is 0 Å². The molecule has 0 saturated carbocycles. The van der Waals surface area contributed by atoms with Crippen molar-refractivity contribution in [2.75, 3.05) is 11.4 Å². The van der Waals surface area contributed by atoms with Gasteiger partial charge in [0, 0.05) is 18.2 Å². The molecule has 1 aliphatic rings. The fourth-order valence-electron chi connectivity index (χ4n) is 2.43. The number of anilines is 1. The molecule has 1 atom stereocenters. The van der Waals surface area contributed by atoms with Crippen molar-refractivity contribution in [1.82, 2.24) is 10.1 Å². The predicted octanol–water partition coefficient (Wildman–Crippen LogP) is 3.12. The minimum Gasteiger partial charge on any atom is -0.335 e. The average molecular weight is 243 g/mol. The molecule has 18 heavy (non-hydrogen) atoms. The molecule has 0 amide bonds. The van der Waals surface area contributed by atoms with Gasteiger partial charge in [-0.25, -0.2) is 0 Å². The molecule has 1 aliphatic heterocycles. The standard InChI is InChI=1S/C14H17N3O/c1-11-7-5-6-10-17(11)14-15-13(18-16-14)12-8-3-2-4-9-12/h2-4,8-9,11H,5-7,10H2,1H3. The molecule has 94 valence electrons. The monoisotopic (exact) mass is 243 g/mol. The summed E-state index contributed by atoms with van der Waals surface area (Å²) in [4.78, 5) is 6.74. The van der Waals surface area contributed by atoms with Crippen molar-refractivity contribution in [2.45, 2.75) is 32.2 Å². The molecule has 2 heterocycles. The summed E-state index contributed by atoms with van der Waals surface area (Å²) in [6.45, 7) is 3.24. The van der Waals surface area contributed by atoms with Crippen molar-refractivity contribution in [3.63, 3.8) is 0 Å². The number of aromatic nitrogens is 2. The summed E-state index contributed by atoms with van der Waals surface area (Å²) in [5, 5.41) is 4.11. The minimum atomic E-state index is 0.500. The highest BCUT2D eigenvalue weighted by molar-refractivity contribution is 5.54. The maximum atomic E-state index is 5.35. The van der Waals surface area contributed by atoms with Gasteiger partial charge in [-0.15, -0.1) is 0 Å². The lowest BCUT2D eigenvalue weighted by atomic mass is 10.0. The molecule has 1 aromatic carbocycles. The molecular formula is C14H17N3O. The summed E-state index contributed by atoms with van der Waals surface area (Å²) in [7, 11) is 0. The third-order valence-corrected chi connectivity index (χ3v) is 3.50. The number of piperidine rings is 1. The van der Waals surface area contributed by atoms with E-state index in [0.717, 1.165) is 18.1 Å². The van der Waals surface area contributed by atoms with Crippen molar-refractivity contribution in [3.8, 4) is 11.5 Å². The number of rotatable bonds is 2.